The van der Waals surface area contributed by atoms with Crippen LogP contribution in [0, 0.1) is 0 Å². The van der Waals surface area contributed by atoms with Gasteiger partial charge in [-0.3, -0.25) is 0 Å². The molecule has 3 rings (SSSR count). The van der Waals surface area contributed by atoms with Crippen LogP contribution in [0.3, 0.4) is 0 Å². The number of hydrogen-bond donors (Lipinski definition) is 2. The van der Waals surface area contributed by atoms with Crippen LogP contribution >= 0.6 is 0 Å². The van der Waals surface area contributed by atoms with Crippen molar-refractivity contribution in [2.24, 2.45) is 0 Å². The smallest absolute Gasteiger partial charge is 0.124 e. The second-order valence-electron chi connectivity index (χ2n) is 5.90. The van der Waals surface area contributed by atoms with Crippen LogP contribution in [0.25, 0.3) is 11.0 Å². The van der Waals surface area contributed by atoms with E-state index in [2.05, 4.69) is 54.3 Å². The molecule has 2 heterocycles. The second-order valence-corrected chi connectivity index (χ2v) is 5.90. The van der Waals surface area contributed by atoms with E-state index in [1.807, 2.05) is 0 Å². The first-order valence-corrected chi connectivity index (χ1v) is 6.27. The molecule has 1 atom stereocenters. The predicted octanol–water partition coefficient (Wildman–Crippen LogP) is 2.89. The van der Waals surface area contributed by atoms with Crippen molar-refractivity contribution >= 4 is 11.0 Å². The van der Waals surface area contributed by atoms with Gasteiger partial charge >= 0.3 is 0 Å². The van der Waals surface area contributed by atoms with E-state index in [4.69, 9.17) is 0 Å². The zero-order valence-electron chi connectivity index (χ0n) is 10.7. The maximum atomic E-state index is 4.64. The molecule has 1 saturated heterocycles. The van der Waals surface area contributed by atoms with Gasteiger partial charge in [0.1, 0.15) is 5.82 Å². The minimum absolute atomic E-state index is 0.189. The van der Waals surface area contributed by atoms with E-state index in [0.717, 1.165) is 23.4 Å². The molecule has 2 aromatic rings. The van der Waals surface area contributed by atoms with Crippen LogP contribution in [0.5, 0.6) is 0 Å². The Kier molecular flexibility index (Phi) is 2.26. The van der Waals surface area contributed by atoms with E-state index in [1.54, 1.807) is 0 Å². The average molecular weight is 229 g/mol. The maximum absolute atomic E-state index is 4.64. The molecule has 90 valence electrons. The summed E-state index contributed by atoms with van der Waals surface area (Å²) in [5, 5.41) is 3.37. The number of rotatable bonds is 1. The van der Waals surface area contributed by atoms with Crippen molar-refractivity contribution in [3.8, 4) is 0 Å². The van der Waals surface area contributed by atoms with E-state index in [-0.39, 0.29) is 5.41 Å². The molecular weight excluding hydrogens is 210 g/mol. The molecule has 1 fully saturated rings. The minimum atomic E-state index is 0.189. The molecule has 1 aliphatic rings. The topological polar surface area (TPSA) is 40.7 Å². The number of H-pyrrole nitrogens is 1. The number of benzene rings is 1. The molecule has 0 aliphatic carbocycles. The summed E-state index contributed by atoms with van der Waals surface area (Å²) in [6.45, 7) is 7.81. The fourth-order valence-electron chi connectivity index (χ4n) is 2.18. The van der Waals surface area contributed by atoms with Gasteiger partial charge in [-0.1, -0.05) is 26.8 Å². The summed E-state index contributed by atoms with van der Waals surface area (Å²) in [5.41, 5.74) is 3.76. The van der Waals surface area contributed by atoms with Crippen molar-refractivity contribution in [2.75, 3.05) is 6.54 Å². The third kappa shape index (κ3) is 1.84. The summed E-state index contributed by atoms with van der Waals surface area (Å²) < 4.78 is 0. The predicted molar refractivity (Wildman–Crippen MR) is 70.2 cm³/mol. The van der Waals surface area contributed by atoms with Gasteiger partial charge < -0.3 is 10.3 Å². The molecular formula is C14H19N3. The number of hydrogen-bond acceptors (Lipinski definition) is 2. The van der Waals surface area contributed by atoms with Crippen LogP contribution in [0.15, 0.2) is 18.2 Å². The van der Waals surface area contributed by atoms with Crippen LogP contribution in [0.1, 0.15) is 44.6 Å². The van der Waals surface area contributed by atoms with E-state index in [9.17, 15) is 0 Å². The van der Waals surface area contributed by atoms with E-state index in [1.165, 1.54) is 12.0 Å². The summed E-state index contributed by atoms with van der Waals surface area (Å²) in [6.07, 6.45) is 1.19. The van der Waals surface area contributed by atoms with Gasteiger partial charge in [0.15, 0.2) is 0 Å². The molecule has 0 bridgehead atoms. The molecule has 0 unspecified atom stereocenters. The minimum Gasteiger partial charge on any atom is -0.341 e. The van der Waals surface area contributed by atoms with Crippen LogP contribution in [0.2, 0.25) is 0 Å². The van der Waals surface area contributed by atoms with Gasteiger partial charge in [-0.05, 0) is 36.1 Å². The lowest BCUT2D eigenvalue weighted by molar-refractivity contribution is 0.369. The van der Waals surface area contributed by atoms with Crippen molar-refractivity contribution < 1.29 is 0 Å². The van der Waals surface area contributed by atoms with Gasteiger partial charge in [0.05, 0.1) is 17.1 Å². The number of aromatic nitrogens is 2. The van der Waals surface area contributed by atoms with Crippen molar-refractivity contribution in [1.82, 2.24) is 15.3 Å². The van der Waals surface area contributed by atoms with Crippen molar-refractivity contribution in [3.63, 3.8) is 0 Å². The first-order valence-electron chi connectivity index (χ1n) is 6.27. The Morgan fingerprint density at radius 3 is 2.65 bits per heavy atom. The quantitative estimate of drug-likeness (QED) is 0.789. The number of nitrogens with zero attached hydrogens (tertiary/aromatic N) is 1. The second kappa shape index (κ2) is 3.57. The summed E-state index contributed by atoms with van der Waals surface area (Å²) in [7, 11) is 0. The molecule has 1 aliphatic heterocycles. The van der Waals surface area contributed by atoms with Crippen LogP contribution in [0.4, 0.5) is 0 Å². The fourth-order valence-corrected chi connectivity index (χ4v) is 2.18. The fraction of sp³-hybridized carbons (Fsp3) is 0.500. The molecule has 3 nitrogen and oxygen atoms in total. The highest BCUT2D eigenvalue weighted by atomic mass is 15.1. The third-order valence-corrected chi connectivity index (χ3v) is 3.52. The highest BCUT2D eigenvalue weighted by Crippen LogP contribution is 2.27. The lowest BCUT2D eigenvalue weighted by Crippen LogP contribution is -2.35. The van der Waals surface area contributed by atoms with Crippen LogP contribution in [-0.4, -0.2) is 16.5 Å². The highest BCUT2D eigenvalue weighted by molar-refractivity contribution is 5.76. The Balaban J connectivity index is 2.04. The zero-order chi connectivity index (χ0) is 12.0. The maximum Gasteiger partial charge on any atom is 0.124 e. The summed E-state index contributed by atoms with van der Waals surface area (Å²) in [4.78, 5) is 8.08. The van der Waals surface area contributed by atoms with Gasteiger partial charge in [-0.15, -0.1) is 0 Å². The van der Waals surface area contributed by atoms with Gasteiger partial charge in [-0.2, -0.15) is 0 Å². The Bertz CT molecular complexity index is 544. The Labute approximate surface area is 102 Å². The number of nitrogens with one attached hydrogen (secondary N) is 2. The zero-order valence-corrected chi connectivity index (χ0v) is 10.7. The Morgan fingerprint density at radius 1 is 1.29 bits per heavy atom. The molecule has 17 heavy (non-hydrogen) atoms. The first-order chi connectivity index (χ1) is 8.04. The molecule has 0 radical (unpaired) electrons. The molecule has 2 N–H and O–H groups in total. The van der Waals surface area contributed by atoms with Gasteiger partial charge in [0.2, 0.25) is 0 Å². The molecule has 1 aromatic carbocycles. The summed E-state index contributed by atoms with van der Waals surface area (Å²) in [5.74, 6) is 1.08. The van der Waals surface area contributed by atoms with Crippen molar-refractivity contribution in [1.29, 1.82) is 0 Å². The Hall–Kier alpha value is -1.35. The third-order valence-electron chi connectivity index (χ3n) is 3.52. The monoisotopic (exact) mass is 229 g/mol. The van der Waals surface area contributed by atoms with Gasteiger partial charge in [-0.25, -0.2) is 4.98 Å². The van der Waals surface area contributed by atoms with Crippen molar-refractivity contribution in [3.05, 3.63) is 29.6 Å². The summed E-state index contributed by atoms with van der Waals surface area (Å²) in [6, 6.07) is 6.96. The number of fused-ring (bicyclic) bond motifs is 1. The van der Waals surface area contributed by atoms with E-state index < -0.39 is 0 Å². The summed E-state index contributed by atoms with van der Waals surface area (Å²) >= 11 is 0. The Morgan fingerprint density at radius 2 is 2.06 bits per heavy atom. The number of imidazole rings is 1. The number of aromatic amines is 1. The van der Waals surface area contributed by atoms with Gasteiger partial charge in [0.25, 0.3) is 0 Å². The largest absolute Gasteiger partial charge is 0.341 e. The lowest BCUT2D eigenvalue weighted by Gasteiger charge is -2.25. The molecule has 3 heteroatoms. The molecule has 0 saturated carbocycles. The van der Waals surface area contributed by atoms with Gasteiger partial charge in [0, 0.05) is 0 Å². The molecule has 0 spiro atoms. The molecule has 1 aromatic heterocycles. The van der Waals surface area contributed by atoms with Crippen LogP contribution < -0.4 is 5.32 Å². The highest BCUT2D eigenvalue weighted by Gasteiger charge is 2.22. The van der Waals surface area contributed by atoms with E-state index >= 15 is 0 Å². The van der Waals surface area contributed by atoms with Crippen LogP contribution in [-0.2, 0) is 5.41 Å². The lowest BCUT2D eigenvalue weighted by atomic mass is 9.87. The van der Waals surface area contributed by atoms with E-state index in [0.29, 0.717) is 6.04 Å². The average Bonchev–Trinajstić information content (AvgIpc) is 2.54. The van der Waals surface area contributed by atoms with Crippen molar-refractivity contribution in [2.45, 2.75) is 38.6 Å². The normalized spacial score (nSPS) is 20.5. The first kappa shape index (κ1) is 10.8. The SMILES string of the molecule is CC(C)(C)c1ccc2nc([C@@H]3CCN3)[nH]c2c1. The standard InChI is InChI=1S/C14H19N3/c1-14(2,3)9-4-5-10-12(8-9)17-13(16-10)11-6-7-15-11/h4-5,8,11,15H,6-7H2,1-3H3,(H,16,17)/t11-/m0/s1. The molecule has 0 amide bonds.